The summed E-state index contributed by atoms with van der Waals surface area (Å²) < 4.78 is 0. The topological polar surface area (TPSA) is 67.2 Å². The van der Waals surface area contributed by atoms with Gasteiger partial charge in [0.1, 0.15) is 5.78 Å². The lowest BCUT2D eigenvalue weighted by Crippen LogP contribution is -2.32. The van der Waals surface area contributed by atoms with Crippen molar-refractivity contribution in [1.82, 2.24) is 10.6 Å². The van der Waals surface area contributed by atoms with E-state index < -0.39 is 0 Å². The van der Waals surface area contributed by atoms with Gasteiger partial charge in [-0.3, -0.25) is 4.79 Å². The monoisotopic (exact) mass is 307 g/mol. The van der Waals surface area contributed by atoms with E-state index in [0.29, 0.717) is 6.67 Å². The highest BCUT2D eigenvalue weighted by molar-refractivity contribution is 5.81. The maximum Gasteiger partial charge on any atom is 0.146 e. The number of carbonyl (C=O) groups excluding carboxylic acids is 1. The van der Waals surface area contributed by atoms with Gasteiger partial charge in [0.25, 0.3) is 0 Å². The quantitative estimate of drug-likeness (QED) is 0.278. The van der Waals surface area contributed by atoms with Gasteiger partial charge in [-0.2, -0.15) is 0 Å². The lowest BCUT2D eigenvalue weighted by atomic mass is 10.0. The van der Waals surface area contributed by atoms with Crippen molar-refractivity contribution >= 4 is 5.78 Å². The number of nitrogens with two attached hydrogens (primary N) is 1. The molecule has 0 aromatic rings. The van der Waals surface area contributed by atoms with Gasteiger partial charge < -0.3 is 16.4 Å². The molecule has 0 fully saturated rings. The Bertz CT molecular complexity index is 386. The van der Waals surface area contributed by atoms with Crippen molar-refractivity contribution in [1.29, 1.82) is 0 Å². The fourth-order valence-corrected chi connectivity index (χ4v) is 2.20. The summed E-state index contributed by atoms with van der Waals surface area (Å²) in [6.45, 7) is 9.17. The van der Waals surface area contributed by atoms with Crippen LogP contribution in [0.25, 0.3) is 0 Å². The van der Waals surface area contributed by atoms with Gasteiger partial charge in [0.05, 0.1) is 6.04 Å². The Morgan fingerprint density at radius 1 is 1.23 bits per heavy atom. The third-order valence-electron chi connectivity index (χ3n) is 3.72. The largest absolute Gasteiger partial charge is 0.318 e. The van der Waals surface area contributed by atoms with Crippen LogP contribution in [0.1, 0.15) is 46.0 Å². The summed E-state index contributed by atoms with van der Waals surface area (Å²) in [6.07, 6.45) is 11.2. The van der Waals surface area contributed by atoms with E-state index in [4.69, 9.17) is 5.73 Å². The molecule has 1 atom stereocenters. The molecule has 0 aliphatic carbocycles. The standard InChI is InChI=1S/C18H33N3O/c1-5-17(11-12-18(20-4)16(3)22)10-9-15(2)8-6-7-13-21-14-19/h5,9-10,18,20-21H,1,6-8,11-14,19H2,2-4H3/b15-9+,17-10+/t18-/m0/s1. The zero-order valence-electron chi connectivity index (χ0n) is 14.5. The van der Waals surface area contributed by atoms with Crippen molar-refractivity contribution in [2.24, 2.45) is 5.73 Å². The second-order valence-electron chi connectivity index (χ2n) is 5.61. The average Bonchev–Trinajstić information content (AvgIpc) is 2.50. The molecule has 0 aliphatic rings. The number of unbranched alkanes of at least 4 members (excludes halogenated alkanes) is 1. The van der Waals surface area contributed by atoms with Gasteiger partial charge in [0.15, 0.2) is 0 Å². The lowest BCUT2D eigenvalue weighted by molar-refractivity contribution is -0.119. The summed E-state index contributed by atoms with van der Waals surface area (Å²) in [5.74, 6) is 0.184. The van der Waals surface area contributed by atoms with Gasteiger partial charge in [-0.25, -0.2) is 0 Å². The van der Waals surface area contributed by atoms with Crippen molar-refractivity contribution in [3.63, 3.8) is 0 Å². The molecule has 126 valence electrons. The maximum atomic E-state index is 11.4. The van der Waals surface area contributed by atoms with Gasteiger partial charge in [-0.05, 0) is 65.1 Å². The molecule has 4 heteroatoms. The van der Waals surface area contributed by atoms with E-state index in [1.807, 2.05) is 13.1 Å². The minimum absolute atomic E-state index is 0.0662. The molecule has 0 spiro atoms. The first kappa shape index (κ1) is 20.8. The first-order valence-corrected chi connectivity index (χ1v) is 8.12. The molecule has 0 aromatic carbocycles. The predicted octanol–water partition coefficient (Wildman–Crippen LogP) is 2.68. The van der Waals surface area contributed by atoms with Crippen LogP contribution < -0.4 is 16.4 Å². The molecule has 0 aliphatic heterocycles. The minimum Gasteiger partial charge on any atom is -0.318 e. The van der Waals surface area contributed by atoms with Crippen LogP contribution in [0.15, 0.2) is 36.0 Å². The zero-order valence-corrected chi connectivity index (χ0v) is 14.5. The highest BCUT2D eigenvalue weighted by Gasteiger charge is 2.10. The van der Waals surface area contributed by atoms with E-state index in [9.17, 15) is 4.79 Å². The van der Waals surface area contributed by atoms with E-state index in [0.717, 1.165) is 32.2 Å². The van der Waals surface area contributed by atoms with Crippen molar-refractivity contribution in [3.8, 4) is 0 Å². The minimum atomic E-state index is -0.0662. The van der Waals surface area contributed by atoms with E-state index in [-0.39, 0.29) is 11.8 Å². The normalized spacial score (nSPS) is 14.0. The number of Topliss-reactive ketones (excluding diaryl/α,β-unsaturated/α-hetero) is 1. The van der Waals surface area contributed by atoms with Gasteiger partial charge in [0, 0.05) is 6.67 Å². The number of hydrogen-bond donors (Lipinski definition) is 3. The van der Waals surface area contributed by atoms with Crippen LogP contribution >= 0.6 is 0 Å². The molecule has 4 nitrogen and oxygen atoms in total. The summed E-state index contributed by atoms with van der Waals surface area (Å²) in [4.78, 5) is 11.4. The highest BCUT2D eigenvalue weighted by atomic mass is 16.1. The molecule has 0 saturated carbocycles. The van der Waals surface area contributed by atoms with E-state index in [1.54, 1.807) is 6.92 Å². The third-order valence-corrected chi connectivity index (χ3v) is 3.72. The van der Waals surface area contributed by atoms with Crippen LogP contribution in [0.4, 0.5) is 0 Å². The maximum absolute atomic E-state index is 11.4. The fourth-order valence-electron chi connectivity index (χ4n) is 2.20. The van der Waals surface area contributed by atoms with E-state index in [2.05, 4.69) is 36.3 Å². The Hall–Kier alpha value is -1.23. The Labute approximate surface area is 135 Å². The van der Waals surface area contributed by atoms with Crippen LogP contribution in [0.2, 0.25) is 0 Å². The first-order chi connectivity index (χ1) is 10.5. The average molecular weight is 307 g/mol. The second-order valence-corrected chi connectivity index (χ2v) is 5.61. The predicted molar refractivity (Wildman–Crippen MR) is 95.7 cm³/mol. The molecule has 0 radical (unpaired) electrons. The number of ketones is 1. The number of hydrogen-bond acceptors (Lipinski definition) is 4. The van der Waals surface area contributed by atoms with Crippen LogP contribution in [0, 0.1) is 0 Å². The van der Waals surface area contributed by atoms with Gasteiger partial charge in [0.2, 0.25) is 0 Å². The number of carbonyl (C=O) groups is 1. The number of nitrogens with one attached hydrogen (secondary N) is 2. The molecule has 0 unspecified atom stereocenters. The molecular weight excluding hydrogens is 274 g/mol. The smallest absolute Gasteiger partial charge is 0.146 e. The first-order valence-electron chi connectivity index (χ1n) is 8.12. The number of allylic oxidation sites excluding steroid dienone is 5. The lowest BCUT2D eigenvalue weighted by Gasteiger charge is -2.12. The zero-order chi connectivity index (χ0) is 16.8. The van der Waals surface area contributed by atoms with E-state index >= 15 is 0 Å². The molecule has 0 heterocycles. The second kappa shape index (κ2) is 13.4. The molecule has 0 bridgehead atoms. The van der Waals surface area contributed by atoms with Crippen molar-refractivity contribution < 1.29 is 4.79 Å². The Kier molecular flexibility index (Phi) is 12.7. The number of rotatable bonds is 13. The van der Waals surface area contributed by atoms with Crippen LogP contribution in [0.5, 0.6) is 0 Å². The van der Waals surface area contributed by atoms with Crippen LogP contribution in [-0.2, 0) is 4.79 Å². The fraction of sp³-hybridized carbons (Fsp3) is 0.611. The molecule has 0 saturated heterocycles. The molecule has 0 aromatic heterocycles. The van der Waals surface area contributed by atoms with Gasteiger partial charge in [-0.15, -0.1) is 0 Å². The van der Waals surface area contributed by atoms with Crippen molar-refractivity contribution in [2.75, 3.05) is 20.3 Å². The highest BCUT2D eigenvalue weighted by Crippen LogP contribution is 2.12. The third kappa shape index (κ3) is 10.5. The molecule has 4 N–H and O–H groups in total. The summed E-state index contributed by atoms with van der Waals surface area (Å²) in [5.41, 5.74) is 7.92. The molecular formula is C18H33N3O. The van der Waals surface area contributed by atoms with Gasteiger partial charge in [-0.1, -0.05) is 30.4 Å². The van der Waals surface area contributed by atoms with Crippen LogP contribution in [0.3, 0.4) is 0 Å². The molecule has 0 amide bonds. The molecule has 22 heavy (non-hydrogen) atoms. The van der Waals surface area contributed by atoms with Gasteiger partial charge >= 0.3 is 0 Å². The Balaban J connectivity index is 4.24. The van der Waals surface area contributed by atoms with Crippen LogP contribution in [-0.4, -0.2) is 32.1 Å². The van der Waals surface area contributed by atoms with Crippen molar-refractivity contribution in [2.45, 2.75) is 52.0 Å². The number of likely N-dealkylation sites (N-methyl/N-ethyl adjacent to an activating group) is 1. The van der Waals surface area contributed by atoms with Crippen molar-refractivity contribution in [3.05, 3.63) is 36.0 Å². The molecule has 0 rings (SSSR count). The summed E-state index contributed by atoms with van der Waals surface area (Å²) in [7, 11) is 1.83. The van der Waals surface area contributed by atoms with E-state index in [1.165, 1.54) is 17.6 Å². The summed E-state index contributed by atoms with van der Waals surface area (Å²) in [5, 5.41) is 6.17. The SMILES string of the molecule is C=C/C(=C\C=C(/C)CCCCNCN)CC[C@H](NC)C(C)=O. The summed E-state index contributed by atoms with van der Waals surface area (Å²) in [6, 6.07) is -0.0662. The summed E-state index contributed by atoms with van der Waals surface area (Å²) >= 11 is 0. The Morgan fingerprint density at radius 3 is 2.50 bits per heavy atom. The Morgan fingerprint density at radius 2 is 1.95 bits per heavy atom.